The standard InChI is InChI=1S/C16H11F2N3O3/c17-10-2-3-12(18)11(6-10)14(16(23)24)20-15(22)8-1-4-13-9(5-8)7-19-21-13/h1-7,14H,(H,19,21)(H,20,22)(H,23,24). The number of hydrogen-bond acceptors (Lipinski definition) is 3. The first-order chi connectivity index (χ1) is 11.5. The lowest BCUT2D eigenvalue weighted by molar-refractivity contribution is -0.139. The molecule has 0 aliphatic rings. The van der Waals surface area contributed by atoms with Gasteiger partial charge in [-0.05, 0) is 36.4 Å². The molecular formula is C16H11F2N3O3. The van der Waals surface area contributed by atoms with E-state index in [2.05, 4.69) is 15.5 Å². The molecule has 1 unspecified atom stereocenters. The number of fused-ring (bicyclic) bond motifs is 1. The Morgan fingerprint density at radius 3 is 2.71 bits per heavy atom. The predicted octanol–water partition coefficient (Wildman–Crippen LogP) is 2.40. The van der Waals surface area contributed by atoms with Crippen LogP contribution in [0.4, 0.5) is 8.78 Å². The second-order valence-corrected chi connectivity index (χ2v) is 5.08. The van der Waals surface area contributed by atoms with Crippen LogP contribution in [0.15, 0.2) is 42.6 Å². The number of carbonyl (C=O) groups is 2. The van der Waals surface area contributed by atoms with Crippen LogP contribution in [0.25, 0.3) is 10.9 Å². The fourth-order valence-electron chi connectivity index (χ4n) is 2.31. The summed E-state index contributed by atoms with van der Waals surface area (Å²) in [6.45, 7) is 0. The van der Waals surface area contributed by atoms with Crippen molar-refractivity contribution in [2.75, 3.05) is 0 Å². The summed E-state index contributed by atoms with van der Waals surface area (Å²) in [7, 11) is 0. The third-order valence-corrected chi connectivity index (χ3v) is 3.49. The van der Waals surface area contributed by atoms with Crippen molar-refractivity contribution in [1.82, 2.24) is 15.5 Å². The lowest BCUT2D eigenvalue weighted by Crippen LogP contribution is -2.34. The summed E-state index contributed by atoms with van der Waals surface area (Å²) in [5, 5.41) is 18.6. The molecule has 8 heteroatoms. The van der Waals surface area contributed by atoms with E-state index in [1.807, 2.05) is 0 Å². The Balaban J connectivity index is 1.91. The van der Waals surface area contributed by atoms with Crippen LogP contribution < -0.4 is 5.32 Å². The summed E-state index contributed by atoms with van der Waals surface area (Å²) in [6, 6.07) is 5.29. The number of aromatic amines is 1. The van der Waals surface area contributed by atoms with Crippen molar-refractivity contribution in [3.05, 3.63) is 65.4 Å². The van der Waals surface area contributed by atoms with Crippen LogP contribution in [-0.2, 0) is 4.79 Å². The molecular weight excluding hydrogens is 320 g/mol. The Morgan fingerprint density at radius 2 is 1.96 bits per heavy atom. The van der Waals surface area contributed by atoms with Crippen molar-refractivity contribution in [2.45, 2.75) is 6.04 Å². The molecule has 1 amide bonds. The molecule has 0 aliphatic heterocycles. The molecule has 122 valence electrons. The van der Waals surface area contributed by atoms with E-state index < -0.39 is 35.1 Å². The monoisotopic (exact) mass is 331 g/mol. The zero-order valence-corrected chi connectivity index (χ0v) is 12.1. The van der Waals surface area contributed by atoms with E-state index in [1.165, 1.54) is 18.3 Å². The van der Waals surface area contributed by atoms with Crippen LogP contribution in [0.1, 0.15) is 22.0 Å². The average Bonchev–Trinajstić information content (AvgIpc) is 3.02. The number of halogens is 2. The van der Waals surface area contributed by atoms with Crippen molar-refractivity contribution in [2.24, 2.45) is 0 Å². The van der Waals surface area contributed by atoms with E-state index in [0.717, 1.165) is 18.2 Å². The van der Waals surface area contributed by atoms with E-state index in [9.17, 15) is 23.5 Å². The van der Waals surface area contributed by atoms with Gasteiger partial charge in [0.05, 0.1) is 11.7 Å². The number of hydrogen-bond donors (Lipinski definition) is 3. The Bertz CT molecular complexity index is 939. The summed E-state index contributed by atoms with van der Waals surface area (Å²) in [5.41, 5.74) is 0.421. The maximum atomic E-state index is 13.8. The lowest BCUT2D eigenvalue weighted by atomic mass is 10.0. The number of rotatable bonds is 4. The molecule has 3 rings (SSSR count). The minimum Gasteiger partial charge on any atom is -0.479 e. The van der Waals surface area contributed by atoms with Gasteiger partial charge in [0.1, 0.15) is 11.6 Å². The van der Waals surface area contributed by atoms with Crippen LogP contribution in [0.2, 0.25) is 0 Å². The number of aromatic nitrogens is 2. The molecule has 0 fully saturated rings. The normalized spacial score (nSPS) is 12.1. The highest BCUT2D eigenvalue weighted by atomic mass is 19.1. The average molecular weight is 331 g/mol. The van der Waals surface area contributed by atoms with Gasteiger partial charge in [-0.1, -0.05) is 0 Å². The number of carbonyl (C=O) groups excluding carboxylic acids is 1. The van der Waals surface area contributed by atoms with Crippen LogP contribution in [-0.4, -0.2) is 27.2 Å². The zero-order valence-electron chi connectivity index (χ0n) is 12.1. The van der Waals surface area contributed by atoms with Crippen molar-refractivity contribution in [3.63, 3.8) is 0 Å². The van der Waals surface area contributed by atoms with Gasteiger partial charge >= 0.3 is 5.97 Å². The highest BCUT2D eigenvalue weighted by molar-refractivity contribution is 5.99. The number of benzene rings is 2. The molecule has 1 atom stereocenters. The molecule has 6 nitrogen and oxygen atoms in total. The van der Waals surface area contributed by atoms with Gasteiger partial charge in [-0.2, -0.15) is 5.10 Å². The fourth-order valence-corrected chi connectivity index (χ4v) is 2.31. The lowest BCUT2D eigenvalue weighted by Gasteiger charge is -2.16. The number of nitrogens with one attached hydrogen (secondary N) is 2. The number of H-pyrrole nitrogens is 1. The molecule has 0 spiro atoms. The Kier molecular flexibility index (Phi) is 3.95. The summed E-state index contributed by atoms with van der Waals surface area (Å²) in [6.07, 6.45) is 1.51. The van der Waals surface area contributed by atoms with Crippen LogP contribution in [0, 0.1) is 11.6 Å². The second kappa shape index (κ2) is 6.07. The van der Waals surface area contributed by atoms with E-state index >= 15 is 0 Å². The maximum Gasteiger partial charge on any atom is 0.331 e. The quantitative estimate of drug-likeness (QED) is 0.684. The molecule has 2 aromatic carbocycles. The molecule has 1 aromatic heterocycles. The largest absolute Gasteiger partial charge is 0.479 e. The molecule has 3 N–H and O–H groups in total. The summed E-state index contributed by atoms with van der Waals surface area (Å²) < 4.78 is 27.1. The fraction of sp³-hybridized carbons (Fsp3) is 0.0625. The number of carboxylic acid groups (broad SMARTS) is 1. The molecule has 0 radical (unpaired) electrons. The first-order valence-electron chi connectivity index (χ1n) is 6.87. The third-order valence-electron chi connectivity index (χ3n) is 3.49. The van der Waals surface area contributed by atoms with E-state index in [1.54, 1.807) is 6.07 Å². The highest BCUT2D eigenvalue weighted by Gasteiger charge is 2.26. The summed E-state index contributed by atoms with van der Waals surface area (Å²) in [5.74, 6) is -3.95. The van der Waals surface area contributed by atoms with Crippen LogP contribution in [0.3, 0.4) is 0 Å². The van der Waals surface area contributed by atoms with Crippen molar-refractivity contribution in [3.8, 4) is 0 Å². The molecule has 0 saturated carbocycles. The van der Waals surface area contributed by atoms with Gasteiger partial charge in [-0.15, -0.1) is 0 Å². The van der Waals surface area contributed by atoms with Crippen molar-refractivity contribution < 1.29 is 23.5 Å². The molecule has 1 heterocycles. The zero-order chi connectivity index (χ0) is 17.3. The minimum absolute atomic E-state index is 0.173. The molecule has 0 saturated heterocycles. The van der Waals surface area contributed by atoms with Crippen molar-refractivity contribution in [1.29, 1.82) is 0 Å². The SMILES string of the molecule is O=C(NC(C(=O)O)c1cc(F)ccc1F)c1ccc2[nH]ncc2c1. The number of carboxylic acids is 1. The third kappa shape index (κ3) is 2.94. The Labute approximate surface area is 134 Å². The number of aliphatic carboxylic acids is 1. The molecule has 0 aliphatic carbocycles. The summed E-state index contributed by atoms with van der Waals surface area (Å²) >= 11 is 0. The number of nitrogens with zero attached hydrogens (tertiary/aromatic N) is 1. The van der Waals surface area contributed by atoms with E-state index in [-0.39, 0.29) is 5.56 Å². The smallest absolute Gasteiger partial charge is 0.331 e. The topological polar surface area (TPSA) is 95.1 Å². The maximum absolute atomic E-state index is 13.8. The highest BCUT2D eigenvalue weighted by Crippen LogP contribution is 2.20. The molecule has 3 aromatic rings. The Hall–Kier alpha value is -3.29. The molecule has 0 bridgehead atoms. The van der Waals surface area contributed by atoms with E-state index in [4.69, 9.17) is 0 Å². The first-order valence-corrected chi connectivity index (χ1v) is 6.87. The molecule has 24 heavy (non-hydrogen) atoms. The number of amides is 1. The van der Waals surface area contributed by atoms with Gasteiger partial charge in [0.2, 0.25) is 0 Å². The first kappa shape index (κ1) is 15.6. The minimum atomic E-state index is -1.71. The Morgan fingerprint density at radius 1 is 1.17 bits per heavy atom. The van der Waals surface area contributed by atoms with Crippen molar-refractivity contribution >= 4 is 22.8 Å². The van der Waals surface area contributed by atoms with Gasteiger partial charge in [-0.25, -0.2) is 13.6 Å². The van der Waals surface area contributed by atoms with Gasteiger partial charge in [0.25, 0.3) is 5.91 Å². The van der Waals surface area contributed by atoms with Gasteiger partial charge < -0.3 is 10.4 Å². The predicted molar refractivity (Wildman–Crippen MR) is 80.3 cm³/mol. The van der Waals surface area contributed by atoms with Crippen LogP contribution >= 0.6 is 0 Å². The van der Waals surface area contributed by atoms with E-state index in [0.29, 0.717) is 10.9 Å². The second-order valence-electron chi connectivity index (χ2n) is 5.08. The summed E-state index contributed by atoms with van der Waals surface area (Å²) in [4.78, 5) is 23.7. The van der Waals surface area contributed by atoms with Gasteiger partial charge in [0.15, 0.2) is 6.04 Å². The van der Waals surface area contributed by atoms with Gasteiger partial charge in [-0.3, -0.25) is 9.89 Å². The van der Waals surface area contributed by atoms with Crippen LogP contribution in [0.5, 0.6) is 0 Å². The van der Waals surface area contributed by atoms with Gasteiger partial charge in [0, 0.05) is 16.5 Å².